The van der Waals surface area contributed by atoms with E-state index < -0.39 is 6.10 Å². The lowest BCUT2D eigenvalue weighted by Gasteiger charge is -2.16. The molecule has 4 nitrogen and oxygen atoms in total. The summed E-state index contributed by atoms with van der Waals surface area (Å²) >= 11 is 6.01. The molecule has 0 heterocycles. The van der Waals surface area contributed by atoms with Crippen molar-refractivity contribution in [2.45, 2.75) is 39.5 Å². The first-order valence-electron chi connectivity index (χ1n) is 6.93. The molecule has 2 N–H and O–H groups in total. The van der Waals surface area contributed by atoms with Crippen LogP contribution in [0, 0.1) is 0 Å². The molecule has 0 aliphatic rings. The van der Waals surface area contributed by atoms with Crippen LogP contribution in [0.5, 0.6) is 5.75 Å². The highest BCUT2D eigenvalue weighted by atomic mass is 35.5. The van der Waals surface area contributed by atoms with Crippen LogP contribution in [-0.2, 0) is 11.3 Å². The zero-order valence-corrected chi connectivity index (χ0v) is 13.1. The molecule has 20 heavy (non-hydrogen) atoms. The molecule has 0 fully saturated rings. The summed E-state index contributed by atoms with van der Waals surface area (Å²) in [6.07, 6.45) is -0.628. The second-order valence-corrected chi connectivity index (χ2v) is 5.35. The zero-order valence-electron chi connectivity index (χ0n) is 12.4. The highest BCUT2D eigenvalue weighted by Gasteiger charge is 2.09. The molecule has 0 saturated heterocycles. The van der Waals surface area contributed by atoms with E-state index in [4.69, 9.17) is 21.1 Å². The van der Waals surface area contributed by atoms with Gasteiger partial charge in [0.15, 0.2) is 0 Å². The van der Waals surface area contributed by atoms with Crippen molar-refractivity contribution in [3.8, 4) is 5.75 Å². The van der Waals surface area contributed by atoms with Crippen LogP contribution >= 0.6 is 11.6 Å². The summed E-state index contributed by atoms with van der Waals surface area (Å²) in [7, 11) is 0. The number of halogens is 1. The minimum absolute atomic E-state index is 0.205. The zero-order chi connectivity index (χ0) is 15.0. The number of aliphatic hydroxyl groups excluding tert-OH is 1. The lowest BCUT2D eigenvalue weighted by atomic mass is 10.2. The fourth-order valence-electron chi connectivity index (χ4n) is 1.63. The van der Waals surface area contributed by atoms with Gasteiger partial charge in [0, 0.05) is 29.8 Å². The molecule has 0 spiro atoms. The van der Waals surface area contributed by atoms with Gasteiger partial charge in [-0.3, -0.25) is 0 Å². The molecule has 0 radical (unpaired) electrons. The van der Waals surface area contributed by atoms with Gasteiger partial charge in [-0.25, -0.2) is 0 Å². The maximum absolute atomic E-state index is 9.71. The minimum atomic E-state index is -0.628. The molecule has 1 aromatic rings. The molecular formula is C15H24ClNO3. The third-order valence-electron chi connectivity index (χ3n) is 2.67. The Kier molecular flexibility index (Phi) is 7.92. The molecule has 0 saturated carbocycles. The van der Waals surface area contributed by atoms with Gasteiger partial charge in [0.2, 0.25) is 0 Å². The van der Waals surface area contributed by atoms with Crippen molar-refractivity contribution < 1.29 is 14.6 Å². The van der Waals surface area contributed by atoms with E-state index in [1.54, 1.807) is 6.07 Å². The van der Waals surface area contributed by atoms with Gasteiger partial charge < -0.3 is 19.9 Å². The number of hydrogen-bond donors (Lipinski definition) is 2. The normalized spacial score (nSPS) is 12.7. The fourth-order valence-corrected chi connectivity index (χ4v) is 1.82. The van der Waals surface area contributed by atoms with Crippen molar-refractivity contribution in [3.63, 3.8) is 0 Å². The van der Waals surface area contributed by atoms with Crippen molar-refractivity contribution in [3.05, 3.63) is 28.8 Å². The van der Waals surface area contributed by atoms with Gasteiger partial charge in [-0.05, 0) is 25.1 Å². The summed E-state index contributed by atoms with van der Waals surface area (Å²) in [6, 6.07) is 5.87. The van der Waals surface area contributed by atoms with Crippen molar-refractivity contribution >= 4 is 11.6 Å². The third kappa shape index (κ3) is 6.57. The maximum Gasteiger partial charge on any atom is 0.124 e. The van der Waals surface area contributed by atoms with Crippen LogP contribution in [0.15, 0.2) is 18.2 Å². The largest absolute Gasteiger partial charge is 0.490 e. The molecule has 0 aliphatic carbocycles. The van der Waals surface area contributed by atoms with Crippen LogP contribution in [-0.4, -0.2) is 37.1 Å². The second kappa shape index (κ2) is 9.19. The molecular weight excluding hydrogens is 278 g/mol. The van der Waals surface area contributed by atoms with E-state index in [-0.39, 0.29) is 13.2 Å². The maximum atomic E-state index is 9.71. The first-order valence-corrected chi connectivity index (χ1v) is 7.31. The van der Waals surface area contributed by atoms with Crippen molar-refractivity contribution in [2.24, 2.45) is 0 Å². The molecule has 0 amide bonds. The van der Waals surface area contributed by atoms with Gasteiger partial charge in [0.25, 0.3) is 0 Å². The molecule has 0 aliphatic heterocycles. The number of ether oxygens (including phenoxy) is 2. The Labute approximate surface area is 126 Å². The van der Waals surface area contributed by atoms with Crippen LogP contribution < -0.4 is 10.1 Å². The van der Waals surface area contributed by atoms with E-state index in [9.17, 15) is 5.11 Å². The minimum Gasteiger partial charge on any atom is -0.490 e. The Morgan fingerprint density at radius 1 is 1.30 bits per heavy atom. The van der Waals surface area contributed by atoms with E-state index in [2.05, 4.69) is 19.2 Å². The van der Waals surface area contributed by atoms with E-state index in [0.717, 1.165) is 11.3 Å². The summed E-state index contributed by atoms with van der Waals surface area (Å²) in [4.78, 5) is 0. The first-order chi connectivity index (χ1) is 9.52. The number of nitrogens with one attached hydrogen (secondary N) is 1. The topological polar surface area (TPSA) is 50.7 Å². The van der Waals surface area contributed by atoms with Crippen molar-refractivity contribution in [2.75, 3.05) is 19.8 Å². The Hall–Kier alpha value is -0.810. The number of aliphatic hydroxyl groups is 1. The molecule has 1 aromatic carbocycles. The second-order valence-electron chi connectivity index (χ2n) is 4.91. The van der Waals surface area contributed by atoms with E-state index >= 15 is 0 Å². The average molecular weight is 302 g/mol. The van der Waals surface area contributed by atoms with Gasteiger partial charge in [-0.15, -0.1) is 0 Å². The summed E-state index contributed by atoms with van der Waals surface area (Å²) in [5, 5.41) is 13.7. The molecule has 0 bridgehead atoms. The first kappa shape index (κ1) is 17.2. The lowest BCUT2D eigenvalue weighted by molar-refractivity contribution is 0.0162. The van der Waals surface area contributed by atoms with Gasteiger partial charge in [0.1, 0.15) is 18.5 Å². The van der Waals surface area contributed by atoms with Crippen molar-refractivity contribution in [1.29, 1.82) is 0 Å². The predicted octanol–water partition coefficient (Wildman–Crippen LogP) is 2.61. The molecule has 0 aromatic heterocycles. The highest BCUT2D eigenvalue weighted by molar-refractivity contribution is 6.30. The third-order valence-corrected chi connectivity index (χ3v) is 2.90. The van der Waals surface area contributed by atoms with Crippen molar-refractivity contribution in [1.82, 2.24) is 5.32 Å². The van der Waals surface area contributed by atoms with Gasteiger partial charge >= 0.3 is 0 Å². The van der Waals surface area contributed by atoms with E-state index in [0.29, 0.717) is 24.2 Å². The van der Waals surface area contributed by atoms with Crippen LogP contribution in [0.4, 0.5) is 0 Å². The van der Waals surface area contributed by atoms with Crippen LogP contribution in [0.1, 0.15) is 26.3 Å². The predicted molar refractivity (Wildman–Crippen MR) is 81.4 cm³/mol. The SMILES string of the molecule is CCOCC(O)COc1ccc(Cl)cc1CNC(C)C. The molecule has 1 atom stereocenters. The highest BCUT2D eigenvalue weighted by Crippen LogP contribution is 2.23. The Morgan fingerprint density at radius 2 is 2.05 bits per heavy atom. The van der Waals surface area contributed by atoms with Gasteiger partial charge in [-0.1, -0.05) is 25.4 Å². The molecule has 5 heteroatoms. The monoisotopic (exact) mass is 301 g/mol. The smallest absolute Gasteiger partial charge is 0.124 e. The Morgan fingerprint density at radius 3 is 2.70 bits per heavy atom. The number of rotatable bonds is 9. The summed E-state index contributed by atoms with van der Waals surface area (Å²) in [5.41, 5.74) is 0.981. The van der Waals surface area contributed by atoms with E-state index in [1.165, 1.54) is 0 Å². The summed E-state index contributed by atoms with van der Waals surface area (Å²) in [5.74, 6) is 0.734. The Balaban J connectivity index is 2.59. The van der Waals surface area contributed by atoms with Gasteiger partial charge in [-0.2, -0.15) is 0 Å². The average Bonchev–Trinajstić information content (AvgIpc) is 2.41. The molecule has 114 valence electrons. The van der Waals surface area contributed by atoms with E-state index in [1.807, 2.05) is 19.1 Å². The standard InChI is InChI=1S/C15H24ClNO3/c1-4-19-9-14(18)10-20-15-6-5-13(16)7-12(15)8-17-11(2)3/h5-7,11,14,17-18H,4,8-10H2,1-3H3. The van der Waals surface area contributed by atoms with Crippen LogP contribution in [0.25, 0.3) is 0 Å². The summed E-state index contributed by atoms with van der Waals surface area (Å²) < 4.78 is 10.8. The molecule has 1 rings (SSSR count). The number of benzene rings is 1. The molecule has 1 unspecified atom stereocenters. The Bertz CT molecular complexity index is 399. The van der Waals surface area contributed by atoms with Crippen LogP contribution in [0.3, 0.4) is 0 Å². The van der Waals surface area contributed by atoms with Gasteiger partial charge in [0.05, 0.1) is 6.61 Å². The lowest BCUT2D eigenvalue weighted by Crippen LogP contribution is -2.25. The van der Waals surface area contributed by atoms with Crippen LogP contribution in [0.2, 0.25) is 5.02 Å². The quantitative estimate of drug-likeness (QED) is 0.736. The summed E-state index contributed by atoms with van der Waals surface area (Å²) in [6.45, 7) is 7.80. The fraction of sp³-hybridized carbons (Fsp3) is 0.600. The number of hydrogen-bond acceptors (Lipinski definition) is 4.